The van der Waals surface area contributed by atoms with Gasteiger partial charge in [0.2, 0.25) is 0 Å². The van der Waals surface area contributed by atoms with Crippen LogP contribution < -0.4 is 15.2 Å². The molecule has 1 atom stereocenters. The van der Waals surface area contributed by atoms with E-state index in [1.807, 2.05) is 0 Å². The fourth-order valence-corrected chi connectivity index (χ4v) is 3.35. The van der Waals surface area contributed by atoms with E-state index in [0.29, 0.717) is 46.1 Å². The van der Waals surface area contributed by atoms with Crippen LogP contribution in [0.2, 0.25) is 5.02 Å². The van der Waals surface area contributed by atoms with Gasteiger partial charge in [-0.05, 0) is 35.9 Å². The van der Waals surface area contributed by atoms with Crippen molar-refractivity contribution >= 4 is 28.1 Å². The van der Waals surface area contributed by atoms with Gasteiger partial charge in [0.05, 0.1) is 16.6 Å². The van der Waals surface area contributed by atoms with Crippen molar-refractivity contribution in [3.05, 3.63) is 47.0 Å². The Balaban J connectivity index is 1.84. The second-order valence-corrected chi connectivity index (χ2v) is 6.53. The molecule has 0 aromatic heterocycles. The average Bonchev–Trinajstić information content (AvgIpc) is 2.48. The van der Waals surface area contributed by atoms with Gasteiger partial charge in [0.1, 0.15) is 13.2 Å². The Labute approximate surface area is 130 Å². The van der Waals surface area contributed by atoms with Gasteiger partial charge >= 0.3 is 0 Å². The Morgan fingerprint density at radius 1 is 1.10 bits per heavy atom. The van der Waals surface area contributed by atoms with E-state index in [-0.39, 0.29) is 0 Å². The van der Waals surface area contributed by atoms with Crippen LogP contribution in [-0.2, 0) is 16.6 Å². The Kier molecular flexibility index (Phi) is 4.03. The lowest BCUT2D eigenvalue weighted by Gasteiger charge is -2.20. The summed E-state index contributed by atoms with van der Waals surface area (Å²) in [7, 11) is -1.19. The fraction of sp³-hybridized carbons (Fsp3) is 0.200. The molecule has 4 nitrogen and oxygen atoms in total. The molecule has 21 heavy (non-hydrogen) atoms. The summed E-state index contributed by atoms with van der Waals surface area (Å²) in [5, 5.41) is 0.620. The number of anilines is 1. The predicted octanol–water partition coefficient (Wildman–Crippen LogP) is 3.00. The third-order valence-electron chi connectivity index (χ3n) is 3.17. The third-order valence-corrected chi connectivity index (χ3v) is 4.79. The number of nitrogen functional groups attached to an aromatic ring is 1. The van der Waals surface area contributed by atoms with Crippen LogP contribution in [0, 0.1) is 0 Å². The van der Waals surface area contributed by atoms with Crippen molar-refractivity contribution in [1.82, 2.24) is 0 Å². The first-order valence-electron chi connectivity index (χ1n) is 6.45. The summed E-state index contributed by atoms with van der Waals surface area (Å²) in [5.41, 5.74) is 7.35. The number of nitrogens with two attached hydrogens (primary N) is 1. The second kappa shape index (κ2) is 5.95. The SMILES string of the molecule is Nc1cc2c(cc1CS(=O)c1ccc(Cl)cc1)OCCO2. The minimum absolute atomic E-state index is 0.324. The number of hydrogen-bond acceptors (Lipinski definition) is 4. The van der Waals surface area contributed by atoms with Gasteiger partial charge < -0.3 is 15.2 Å². The molecule has 0 saturated heterocycles. The molecule has 110 valence electrons. The van der Waals surface area contributed by atoms with Gasteiger partial charge in [-0.2, -0.15) is 0 Å². The summed E-state index contributed by atoms with van der Waals surface area (Å²) >= 11 is 5.83. The molecule has 0 bridgehead atoms. The van der Waals surface area contributed by atoms with Crippen molar-refractivity contribution < 1.29 is 13.7 Å². The van der Waals surface area contributed by atoms with Crippen LogP contribution in [0.5, 0.6) is 11.5 Å². The Morgan fingerprint density at radius 3 is 2.38 bits per heavy atom. The van der Waals surface area contributed by atoms with Gasteiger partial charge in [0.25, 0.3) is 0 Å². The van der Waals surface area contributed by atoms with E-state index in [9.17, 15) is 4.21 Å². The molecule has 0 radical (unpaired) electrons. The largest absolute Gasteiger partial charge is 0.486 e. The van der Waals surface area contributed by atoms with Crippen LogP contribution in [-0.4, -0.2) is 17.4 Å². The smallest absolute Gasteiger partial charge is 0.163 e. The van der Waals surface area contributed by atoms with Crippen LogP contribution in [0.25, 0.3) is 0 Å². The lowest BCUT2D eigenvalue weighted by molar-refractivity contribution is 0.171. The lowest BCUT2D eigenvalue weighted by atomic mass is 10.2. The molecule has 0 saturated carbocycles. The zero-order valence-corrected chi connectivity index (χ0v) is 12.7. The van der Waals surface area contributed by atoms with Gasteiger partial charge in [-0.15, -0.1) is 0 Å². The maximum absolute atomic E-state index is 12.4. The summed E-state index contributed by atoms with van der Waals surface area (Å²) < 4.78 is 23.4. The molecule has 2 aromatic rings. The first kappa shape index (κ1) is 14.2. The monoisotopic (exact) mass is 323 g/mol. The number of rotatable bonds is 3. The van der Waals surface area contributed by atoms with Gasteiger partial charge in [0.15, 0.2) is 11.5 Å². The number of halogens is 1. The van der Waals surface area contributed by atoms with Gasteiger partial charge in [-0.25, -0.2) is 0 Å². The molecule has 2 aromatic carbocycles. The van der Waals surface area contributed by atoms with Gasteiger partial charge in [-0.3, -0.25) is 4.21 Å². The topological polar surface area (TPSA) is 61.6 Å². The lowest BCUT2D eigenvalue weighted by Crippen LogP contribution is -2.16. The summed E-state index contributed by atoms with van der Waals surface area (Å²) in [6, 6.07) is 10.5. The average molecular weight is 324 g/mol. The van der Waals surface area contributed by atoms with Crippen LogP contribution in [0.15, 0.2) is 41.3 Å². The van der Waals surface area contributed by atoms with E-state index < -0.39 is 10.8 Å². The molecule has 2 N–H and O–H groups in total. The van der Waals surface area contributed by atoms with E-state index in [4.69, 9.17) is 26.8 Å². The normalized spacial score (nSPS) is 14.7. The Hall–Kier alpha value is -1.72. The quantitative estimate of drug-likeness (QED) is 0.882. The van der Waals surface area contributed by atoms with Crippen LogP contribution in [0.3, 0.4) is 0 Å². The molecule has 6 heteroatoms. The van der Waals surface area contributed by atoms with Crippen molar-refractivity contribution in [1.29, 1.82) is 0 Å². The zero-order chi connectivity index (χ0) is 14.8. The van der Waals surface area contributed by atoms with E-state index in [0.717, 1.165) is 5.56 Å². The van der Waals surface area contributed by atoms with Crippen molar-refractivity contribution in [3.63, 3.8) is 0 Å². The van der Waals surface area contributed by atoms with E-state index >= 15 is 0 Å². The maximum atomic E-state index is 12.4. The number of fused-ring (bicyclic) bond motifs is 1. The van der Waals surface area contributed by atoms with Crippen LogP contribution in [0.4, 0.5) is 5.69 Å². The fourth-order valence-electron chi connectivity index (χ4n) is 2.08. The minimum atomic E-state index is -1.19. The molecule has 0 spiro atoms. The van der Waals surface area contributed by atoms with E-state index in [2.05, 4.69) is 0 Å². The third kappa shape index (κ3) is 3.14. The molecule has 0 fully saturated rings. The highest BCUT2D eigenvalue weighted by Gasteiger charge is 2.16. The molecule has 3 rings (SSSR count). The zero-order valence-electron chi connectivity index (χ0n) is 11.2. The standard InChI is InChI=1S/C15H14ClNO3S/c16-11-1-3-12(4-2-11)21(18)9-10-7-14-15(8-13(10)17)20-6-5-19-14/h1-4,7-8H,5-6,9,17H2. The first-order chi connectivity index (χ1) is 10.1. The van der Waals surface area contributed by atoms with Crippen molar-refractivity contribution in [2.45, 2.75) is 10.6 Å². The maximum Gasteiger partial charge on any atom is 0.163 e. The second-order valence-electron chi connectivity index (χ2n) is 4.64. The number of hydrogen-bond donors (Lipinski definition) is 1. The summed E-state index contributed by atoms with van der Waals surface area (Å²) in [4.78, 5) is 0.716. The van der Waals surface area contributed by atoms with Gasteiger partial charge in [0, 0.05) is 21.7 Å². The highest BCUT2D eigenvalue weighted by molar-refractivity contribution is 7.84. The minimum Gasteiger partial charge on any atom is -0.486 e. The summed E-state index contributed by atoms with van der Waals surface area (Å²) in [6.45, 7) is 1.03. The molecule has 1 aliphatic rings. The molecule has 0 aliphatic carbocycles. The Morgan fingerprint density at radius 2 is 1.71 bits per heavy atom. The Bertz CT molecular complexity index is 688. The van der Waals surface area contributed by atoms with Crippen LogP contribution in [0.1, 0.15) is 5.56 Å². The van der Waals surface area contributed by atoms with Crippen LogP contribution >= 0.6 is 11.6 Å². The van der Waals surface area contributed by atoms with E-state index in [1.54, 1.807) is 36.4 Å². The molecular formula is C15H14ClNO3S. The molecule has 1 heterocycles. The van der Waals surface area contributed by atoms with Crippen molar-refractivity contribution in [2.24, 2.45) is 0 Å². The first-order valence-corrected chi connectivity index (χ1v) is 8.15. The highest BCUT2D eigenvalue weighted by atomic mass is 35.5. The van der Waals surface area contributed by atoms with Crippen molar-refractivity contribution in [2.75, 3.05) is 18.9 Å². The summed E-state index contributed by atoms with van der Waals surface area (Å²) in [5.74, 6) is 1.61. The molecule has 1 unspecified atom stereocenters. The van der Waals surface area contributed by atoms with Crippen molar-refractivity contribution in [3.8, 4) is 11.5 Å². The van der Waals surface area contributed by atoms with Gasteiger partial charge in [-0.1, -0.05) is 11.6 Å². The summed E-state index contributed by atoms with van der Waals surface area (Å²) in [6.07, 6.45) is 0. The van der Waals surface area contributed by atoms with E-state index in [1.165, 1.54) is 0 Å². The number of ether oxygens (including phenoxy) is 2. The highest BCUT2D eigenvalue weighted by Crippen LogP contribution is 2.35. The molecular weight excluding hydrogens is 310 g/mol. The molecule has 1 aliphatic heterocycles. The molecule has 0 amide bonds. The predicted molar refractivity (Wildman–Crippen MR) is 83.4 cm³/mol. The number of benzene rings is 2.